The molecule has 8 aromatic carbocycles. The first-order valence-corrected chi connectivity index (χ1v) is 17.0. The fraction of sp³-hybridized carbons (Fsp3) is 0.0638. The molecule has 49 heavy (non-hydrogen) atoms. The van der Waals surface area contributed by atoms with Crippen molar-refractivity contribution in [2.75, 3.05) is 4.90 Å². The summed E-state index contributed by atoms with van der Waals surface area (Å²) in [5, 5.41) is 7.02. The third-order valence-electron chi connectivity index (χ3n) is 10.6. The lowest BCUT2D eigenvalue weighted by Crippen LogP contribution is -2.15. The zero-order valence-corrected chi connectivity index (χ0v) is 27.4. The molecule has 1 aliphatic rings. The molecular weight excluding hydrogens is 595 g/mol. The third kappa shape index (κ3) is 4.14. The largest absolute Gasteiger partial charge is 0.454 e. The van der Waals surface area contributed by atoms with Gasteiger partial charge in [-0.25, -0.2) is 0 Å². The first kappa shape index (κ1) is 27.9. The highest BCUT2D eigenvalue weighted by molar-refractivity contribution is 6.19. The van der Waals surface area contributed by atoms with Crippen LogP contribution in [-0.2, 0) is 5.41 Å². The van der Waals surface area contributed by atoms with Gasteiger partial charge < -0.3 is 9.32 Å². The molecule has 232 valence electrons. The maximum atomic E-state index is 6.86. The molecule has 0 unspecified atom stereocenters. The molecule has 0 N–H and O–H groups in total. The van der Waals surface area contributed by atoms with Crippen molar-refractivity contribution in [3.8, 4) is 22.3 Å². The maximum absolute atomic E-state index is 6.86. The van der Waals surface area contributed by atoms with Gasteiger partial charge >= 0.3 is 0 Å². The van der Waals surface area contributed by atoms with E-state index in [2.05, 4.69) is 183 Å². The van der Waals surface area contributed by atoms with Gasteiger partial charge in [0.1, 0.15) is 5.58 Å². The number of rotatable bonds is 4. The number of benzene rings is 8. The summed E-state index contributed by atoms with van der Waals surface area (Å²) in [4.78, 5) is 2.45. The second-order valence-corrected chi connectivity index (χ2v) is 13.7. The Bertz CT molecular complexity index is 2770. The number of hydrogen-bond donors (Lipinski definition) is 0. The maximum Gasteiger partial charge on any atom is 0.160 e. The molecule has 9 aromatic rings. The summed E-state index contributed by atoms with van der Waals surface area (Å²) in [5.41, 5.74) is 12.6. The average molecular weight is 628 g/mol. The molecule has 1 aromatic heterocycles. The second kappa shape index (κ2) is 10.4. The van der Waals surface area contributed by atoms with Crippen molar-refractivity contribution in [2.24, 2.45) is 0 Å². The van der Waals surface area contributed by atoms with Crippen LogP contribution in [0.2, 0.25) is 0 Å². The Morgan fingerprint density at radius 3 is 2.02 bits per heavy atom. The van der Waals surface area contributed by atoms with E-state index < -0.39 is 0 Å². The van der Waals surface area contributed by atoms with Gasteiger partial charge in [-0.1, -0.05) is 141 Å². The van der Waals surface area contributed by atoms with Crippen LogP contribution in [0.4, 0.5) is 17.1 Å². The number of furan rings is 1. The Hall–Kier alpha value is -6.12. The smallest absolute Gasteiger partial charge is 0.160 e. The lowest BCUT2D eigenvalue weighted by Gasteiger charge is -2.30. The van der Waals surface area contributed by atoms with Crippen molar-refractivity contribution in [1.29, 1.82) is 0 Å². The Morgan fingerprint density at radius 2 is 1.14 bits per heavy atom. The van der Waals surface area contributed by atoms with Gasteiger partial charge in [0.2, 0.25) is 0 Å². The molecule has 0 saturated carbocycles. The molecule has 0 fully saturated rings. The van der Waals surface area contributed by atoms with Crippen molar-refractivity contribution in [3.63, 3.8) is 0 Å². The van der Waals surface area contributed by atoms with E-state index in [0.29, 0.717) is 0 Å². The minimum Gasteiger partial charge on any atom is -0.454 e. The zero-order chi connectivity index (χ0) is 32.7. The molecule has 0 atom stereocenters. The molecule has 2 heteroatoms. The van der Waals surface area contributed by atoms with Crippen LogP contribution >= 0.6 is 0 Å². The average Bonchev–Trinajstić information content (AvgIpc) is 3.63. The predicted molar refractivity (Wildman–Crippen MR) is 206 cm³/mol. The van der Waals surface area contributed by atoms with E-state index in [1.807, 2.05) is 0 Å². The topological polar surface area (TPSA) is 16.4 Å². The minimum atomic E-state index is -0.0796. The van der Waals surface area contributed by atoms with Crippen LogP contribution in [0.1, 0.15) is 25.0 Å². The van der Waals surface area contributed by atoms with Crippen LogP contribution in [0.5, 0.6) is 0 Å². The van der Waals surface area contributed by atoms with Crippen molar-refractivity contribution in [3.05, 3.63) is 175 Å². The highest BCUT2D eigenvalue weighted by Crippen LogP contribution is 2.53. The second-order valence-electron chi connectivity index (χ2n) is 13.7. The minimum absolute atomic E-state index is 0.0796. The lowest BCUT2D eigenvalue weighted by molar-refractivity contribution is 0.660. The fourth-order valence-corrected chi connectivity index (χ4v) is 8.23. The number of fused-ring (bicyclic) bond motifs is 8. The summed E-state index contributed by atoms with van der Waals surface area (Å²) in [6.45, 7) is 4.68. The highest BCUT2D eigenvalue weighted by atomic mass is 16.3. The highest BCUT2D eigenvalue weighted by Gasteiger charge is 2.36. The summed E-state index contributed by atoms with van der Waals surface area (Å²) < 4.78 is 6.86. The number of para-hydroxylation sites is 2. The van der Waals surface area contributed by atoms with Crippen LogP contribution in [0.3, 0.4) is 0 Å². The van der Waals surface area contributed by atoms with Crippen LogP contribution < -0.4 is 4.90 Å². The zero-order valence-electron chi connectivity index (χ0n) is 27.4. The number of hydrogen-bond acceptors (Lipinski definition) is 2. The first-order valence-electron chi connectivity index (χ1n) is 17.0. The summed E-state index contributed by atoms with van der Waals surface area (Å²) >= 11 is 0. The van der Waals surface area contributed by atoms with Gasteiger partial charge in [0.05, 0.1) is 11.4 Å². The molecule has 1 aliphatic carbocycles. The molecule has 0 saturated heterocycles. The molecule has 2 nitrogen and oxygen atoms in total. The Morgan fingerprint density at radius 1 is 0.469 bits per heavy atom. The van der Waals surface area contributed by atoms with Gasteiger partial charge in [0, 0.05) is 32.8 Å². The van der Waals surface area contributed by atoms with E-state index in [1.165, 1.54) is 44.0 Å². The van der Waals surface area contributed by atoms with Crippen LogP contribution in [-0.4, -0.2) is 0 Å². The summed E-state index contributed by atoms with van der Waals surface area (Å²) in [7, 11) is 0. The van der Waals surface area contributed by atoms with Crippen molar-refractivity contribution < 1.29 is 4.42 Å². The van der Waals surface area contributed by atoms with Crippen molar-refractivity contribution >= 4 is 60.5 Å². The van der Waals surface area contributed by atoms with Gasteiger partial charge in [-0.05, 0) is 80.4 Å². The molecule has 1 heterocycles. The predicted octanol–water partition coefficient (Wildman–Crippen LogP) is 13.3. The van der Waals surface area contributed by atoms with Gasteiger partial charge in [0.15, 0.2) is 5.58 Å². The Kier molecular flexibility index (Phi) is 5.95. The van der Waals surface area contributed by atoms with Crippen molar-refractivity contribution in [2.45, 2.75) is 19.3 Å². The first-order chi connectivity index (χ1) is 24.1. The van der Waals surface area contributed by atoms with E-state index in [9.17, 15) is 0 Å². The SMILES string of the molecule is CC1(C)c2ccccc2-c2cc(N(c3ccccc3-c3ccc4ccccc4c3)c3c4ccccc4cc4c3oc3ccccc34)ccc21. The third-order valence-corrected chi connectivity index (χ3v) is 10.6. The monoisotopic (exact) mass is 627 g/mol. The summed E-state index contributed by atoms with van der Waals surface area (Å²) in [6, 6.07) is 59.5. The van der Waals surface area contributed by atoms with E-state index in [0.717, 1.165) is 50.0 Å². The van der Waals surface area contributed by atoms with Gasteiger partial charge in [-0.2, -0.15) is 0 Å². The molecule has 0 aliphatic heterocycles. The van der Waals surface area contributed by atoms with E-state index in [4.69, 9.17) is 4.42 Å². The molecule has 0 radical (unpaired) electrons. The quantitative estimate of drug-likeness (QED) is 0.193. The van der Waals surface area contributed by atoms with Crippen LogP contribution in [0, 0.1) is 0 Å². The summed E-state index contributed by atoms with van der Waals surface area (Å²) in [6.07, 6.45) is 0. The van der Waals surface area contributed by atoms with Gasteiger partial charge in [-0.3, -0.25) is 0 Å². The number of anilines is 3. The van der Waals surface area contributed by atoms with Crippen molar-refractivity contribution in [1.82, 2.24) is 0 Å². The summed E-state index contributed by atoms with van der Waals surface area (Å²) in [5.74, 6) is 0. The Labute approximate surface area is 285 Å². The van der Waals surface area contributed by atoms with Crippen LogP contribution in [0.15, 0.2) is 168 Å². The molecule has 0 spiro atoms. The Balaban J connectivity index is 1.32. The lowest BCUT2D eigenvalue weighted by atomic mass is 9.82. The fourth-order valence-electron chi connectivity index (χ4n) is 8.23. The van der Waals surface area contributed by atoms with E-state index >= 15 is 0 Å². The molecule has 0 amide bonds. The van der Waals surface area contributed by atoms with Gasteiger partial charge in [0.25, 0.3) is 0 Å². The van der Waals surface area contributed by atoms with E-state index in [-0.39, 0.29) is 5.41 Å². The van der Waals surface area contributed by atoms with E-state index in [1.54, 1.807) is 0 Å². The van der Waals surface area contributed by atoms with Crippen LogP contribution in [0.25, 0.3) is 65.7 Å². The molecule has 0 bridgehead atoms. The normalized spacial score (nSPS) is 13.3. The standard InChI is InChI=1S/C47H33NO/c1-47(2)41-20-10-7-18-37(41)39-29-34(25-26-42(39)47)48(43-21-11-8-16-35(43)33-24-23-30-13-3-4-14-31(30)27-33)45-36-17-6-5-15-32(36)28-40-38-19-9-12-22-44(38)49-46(40)45/h3-29H,1-2H3. The molecular formula is C47H33NO. The molecule has 10 rings (SSSR count). The van der Waals surface area contributed by atoms with Gasteiger partial charge in [-0.15, -0.1) is 0 Å². The number of nitrogens with zero attached hydrogens (tertiary/aromatic N) is 1.